The summed E-state index contributed by atoms with van der Waals surface area (Å²) in [7, 11) is 2.05. The fraction of sp³-hybridized carbons (Fsp3) is 0.296. The maximum Gasteiger partial charge on any atom is 0.322 e. The van der Waals surface area contributed by atoms with E-state index in [0.29, 0.717) is 48.1 Å². The Labute approximate surface area is 220 Å². The lowest BCUT2D eigenvalue weighted by Crippen LogP contribution is -2.47. The molecule has 2 aliphatic heterocycles. The number of likely N-dealkylation sites (N-methyl/N-ethyl adjacent to an activating group) is 1. The number of urea groups is 1. The Balaban J connectivity index is 1.30. The minimum absolute atomic E-state index is 0.00662. The number of hydrogen-bond donors (Lipinski definition) is 2. The summed E-state index contributed by atoms with van der Waals surface area (Å²) in [6.07, 6.45) is 0. The maximum absolute atomic E-state index is 13.1. The van der Waals surface area contributed by atoms with E-state index in [0.717, 1.165) is 24.3 Å². The summed E-state index contributed by atoms with van der Waals surface area (Å²) in [6, 6.07) is 16.2. The minimum atomic E-state index is -0.626. The molecule has 0 saturated carbocycles. The fourth-order valence-corrected chi connectivity index (χ4v) is 5.33. The van der Waals surface area contributed by atoms with Crippen LogP contribution in [0.5, 0.6) is 0 Å². The second-order valence-corrected chi connectivity index (χ2v) is 9.77. The van der Waals surface area contributed by atoms with Crippen LogP contribution in [-0.2, 0) is 13.1 Å². The monoisotopic (exact) mass is 520 g/mol. The van der Waals surface area contributed by atoms with Crippen molar-refractivity contribution in [3.05, 3.63) is 76.4 Å². The van der Waals surface area contributed by atoms with Gasteiger partial charge in [-0.2, -0.15) is 0 Å². The molecular weight excluding hydrogens is 492 g/mol. The smallest absolute Gasteiger partial charge is 0.322 e. The first-order valence-corrected chi connectivity index (χ1v) is 12.6. The largest absolute Gasteiger partial charge is 0.365 e. The van der Waals surface area contributed by atoms with Gasteiger partial charge in [0.2, 0.25) is 0 Å². The van der Waals surface area contributed by atoms with Gasteiger partial charge in [0.1, 0.15) is 0 Å². The van der Waals surface area contributed by atoms with Gasteiger partial charge in [0.25, 0.3) is 11.8 Å². The van der Waals surface area contributed by atoms with E-state index in [1.165, 1.54) is 0 Å². The van der Waals surface area contributed by atoms with Gasteiger partial charge in [-0.3, -0.25) is 9.59 Å². The lowest BCUT2D eigenvalue weighted by molar-refractivity contribution is 0.0664. The van der Waals surface area contributed by atoms with Crippen molar-refractivity contribution in [3.8, 4) is 11.3 Å². The summed E-state index contributed by atoms with van der Waals surface area (Å²) in [4.78, 5) is 43.8. The number of nitrogens with zero attached hydrogens (tertiary/aromatic N) is 4. The number of benzene rings is 2. The van der Waals surface area contributed by atoms with Gasteiger partial charge < -0.3 is 30.3 Å². The summed E-state index contributed by atoms with van der Waals surface area (Å²) >= 11 is 6.64. The number of piperazine rings is 1. The maximum atomic E-state index is 13.1. The summed E-state index contributed by atoms with van der Waals surface area (Å²) < 4.78 is 1.97. The summed E-state index contributed by atoms with van der Waals surface area (Å²) in [5.74, 6) is -0.633. The Hall–Kier alpha value is -3.82. The van der Waals surface area contributed by atoms with Crippen LogP contribution in [0.25, 0.3) is 11.3 Å². The molecule has 0 unspecified atom stereocenters. The Bertz CT molecular complexity index is 1330. The number of primary amides is 1. The molecule has 1 aromatic heterocycles. The molecule has 1 saturated heterocycles. The van der Waals surface area contributed by atoms with Crippen molar-refractivity contribution >= 4 is 35.1 Å². The summed E-state index contributed by atoms with van der Waals surface area (Å²) in [6.45, 7) is 4.21. The number of amides is 4. The molecule has 3 heterocycles. The summed E-state index contributed by atoms with van der Waals surface area (Å²) in [5.41, 5.74) is 9.32. The second kappa shape index (κ2) is 10.3. The van der Waals surface area contributed by atoms with Crippen molar-refractivity contribution < 1.29 is 14.4 Å². The van der Waals surface area contributed by atoms with Crippen molar-refractivity contribution in [2.24, 2.45) is 5.73 Å². The molecule has 10 heteroatoms. The van der Waals surface area contributed by atoms with E-state index in [2.05, 4.69) is 10.2 Å². The van der Waals surface area contributed by atoms with E-state index in [1.807, 2.05) is 46.8 Å². The average molecular weight is 521 g/mol. The third-order valence-electron chi connectivity index (χ3n) is 7.00. The predicted octanol–water partition coefficient (Wildman–Crippen LogP) is 3.34. The number of fused-ring (bicyclic) bond motifs is 1. The number of carbonyl (C=O) groups is 3. The van der Waals surface area contributed by atoms with Gasteiger partial charge in [0.05, 0.1) is 28.5 Å². The lowest BCUT2D eigenvalue weighted by atomic mass is 10.1. The molecule has 2 aromatic carbocycles. The van der Waals surface area contributed by atoms with Crippen LogP contribution in [0.2, 0.25) is 5.02 Å². The van der Waals surface area contributed by atoms with Gasteiger partial charge in [-0.1, -0.05) is 41.9 Å². The van der Waals surface area contributed by atoms with Crippen LogP contribution in [0.3, 0.4) is 0 Å². The molecule has 0 aliphatic carbocycles. The van der Waals surface area contributed by atoms with Crippen LogP contribution < -0.4 is 11.1 Å². The number of hydrogen-bond acceptors (Lipinski definition) is 4. The highest BCUT2D eigenvalue weighted by Gasteiger charge is 2.31. The molecule has 0 spiro atoms. The van der Waals surface area contributed by atoms with Crippen molar-refractivity contribution in [3.63, 3.8) is 0 Å². The highest BCUT2D eigenvalue weighted by molar-refractivity contribution is 6.36. The molecule has 37 heavy (non-hydrogen) atoms. The standard InChI is InChI=1S/C27H29ClN6O3/c1-31-11-13-32(14-12-31)26(36)19-7-9-20(10-8-19)30-27(37)33-15-16-34-21(17-33)22(25(29)35)23(28)24(34)18-5-3-2-4-6-18/h2-10H,11-17H2,1H3,(H2,29,35)(H,30,37). The normalized spacial score (nSPS) is 15.8. The van der Waals surface area contributed by atoms with Gasteiger partial charge in [0.15, 0.2) is 0 Å². The number of halogens is 1. The first-order valence-electron chi connectivity index (χ1n) is 12.2. The van der Waals surface area contributed by atoms with Crippen LogP contribution in [0.15, 0.2) is 54.6 Å². The van der Waals surface area contributed by atoms with Crippen LogP contribution in [0.1, 0.15) is 26.4 Å². The SMILES string of the molecule is CN1CCN(C(=O)c2ccc(NC(=O)N3CCn4c(c(C(N)=O)c(Cl)c4-c4ccccc4)C3)cc2)CC1. The number of rotatable bonds is 4. The number of nitrogens with one attached hydrogen (secondary N) is 1. The molecule has 4 amide bonds. The lowest BCUT2D eigenvalue weighted by Gasteiger charge is -2.32. The number of aromatic nitrogens is 1. The summed E-state index contributed by atoms with van der Waals surface area (Å²) in [5, 5.41) is 3.20. The Morgan fingerprint density at radius 2 is 1.51 bits per heavy atom. The Morgan fingerprint density at radius 1 is 0.865 bits per heavy atom. The second-order valence-electron chi connectivity index (χ2n) is 9.39. The molecule has 0 bridgehead atoms. The molecule has 3 aromatic rings. The molecule has 192 valence electrons. The van der Waals surface area contributed by atoms with Crippen molar-refractivity contribution in [1.82, 2.24) is 19.3 Å². The highest BCUT2D eigenvalue weighted by atomic mass is 35.5. The molecule has 9 nitrogen and oxygen atoms in total. The zero-order chi connectivity index (χ0) is 26.1. The topological polar surface area (TPSA) is 104 Å². The fourth-order valence-electron chi connectivity index (χ4n) is 4.92. The zero-order valence-electron chi connectivity index (χ0n) is 20.6. The Morgan fingerprint density at radius 3 is 2.16 bits per heavy atom. The average Bonchev–Trinajstić information content (AvgIpc) is 3.20. The van der Waals surface area contributed by atoms with Crippen LogP contribution in [0.4, 0.5) is 10.5 Å². The molecule has 2 aliphatic rings. The number of nitrogens with two attached hydrogens (primary N) is 1. The van der Waals surface area contributed by atoms with Gasteiger partial charge in [-0.25, -0.2) is 4.79 Å². The quantitative estimate of drug-likeness (QED) is 0.550. The van der Waals surface area contributed by atoms with Gasteiger partial charge in [-0.15, -0.1) is 0 Å². The van der Waals surface area contributed by atoms with E-state index in [-0.39, 0.29) is 24.0 Å². The molecule has 0 atom stereocenters. The molecular formula is C27H29ClN6O3. The first kappa shape index (κ1) is 24.9. The molecule has 0 radical (unpaired) electrons. The van der Waals surface area contributed by atoms with Crippen LogP contribution in [0, 0.1) is 0 Å². The van der Waals surface area contributed by atoms with E-state index in [1.54, 1.807) is 29.2 Å². The van der Waals surface area contributed by atoms with Crippen LogP contribution in [-0.4, -0.2) is 76.9 Å². The zero-order valence-corrected chi connectivity index (χ0v) is 21.4. The predicted molar refractivity (Wildman–Crippen MR) is 143 cm³/mol. The Kier molecular flexibility index (Phi) is 6.90. The van der Waals surface area contributed by atoms with E-state index in [4.69, 9.17) is 17.3 Å². The molecule has 1 fully saturated rings. The third-order valence-corrected chi connectivity index (χ3v) is 7.37. The van der Waals surface area contributed by atoms with Crippen molar-refractivity contribution in [1.29, 1.82) is 0 Å². The highest BCUT2D eigenvalue weighted by Crippen LogP contribution is 2.37. The third kappa shape index (κ3) is 4.92. The van der Waals surface area contributed by atoms with Gasteiger partial charge in [0, 0.05) is 50.5 Å². The number of carbonyl (C=O) groups excluding carboxylic acids is 3. The van der Waals surface area contributed by atoms with E-state index < -0.39 is 5.91 Å². The number of anilines is 1. The van der Waals surface area contributed by atoms with E-state index >= 15 is 0 Å². The van der Waals surface area contributed by atoms with Gasteiger partial charge in [-0.05, 0) is 36.9 Å². The minimum Gasteiger partial charge on any atom is -0.365 e. The molecule has 3 N–H and O–H groups in total. The molecule has 5 rings (SSSR count). The van der Waals surface area contributed by atoms with E-state index in [9.17, 15) is 14.4 Å². The van der Waals surface area contributed by atoms with Crippen LogP contribution >= 0.6 is 11.6 Å². The first-order chi connectivity index (χ1) is 17.8. The van der Waals surface area contributed by atoms with Crippen molar-refractivity contribution in [2.45, 2.75) is 13.1 Å². The van der Waals surface area contributed by atoms with Gasteiger partial charge >= 0.3 is 6.03 Å². The van der Waals surface area contributed by atoms with Crippen molar-refractivity contribution in [2.75, 3.05) is 45.1 Å².